The van der Waals surface area contributed by atoms with Crippen molar-refractivity contribution < 1.29 is 17.9 Å². The minimum Gasteiger partial charge on any atom is -0.376 e. The Morgan fingerprint density at radius 1 is 1.21 bits per heavy atom. The largest absolute Gasteiger partial charge is 0.376 e. The van der Waals surface area contributed by atoms with E-state index in [1.807, 2.05) is 6.07 Å². The zero-order chi connectivity index (χ0) is 28.4. The van der Waals surface area contributed by atoms with Gasteiger partial charge in [-0.1, -0.05) is 23.2 Å². The maximum Gasteiger partial charge on any atom is 0.229 e. The lowest BCUT2D eigenvalue weighted by atomic mass is 9.88. The van der Waals surface area contributed by atoms with Gasteiger partial charge in [-0.05, 0) is 77.5 Å². The van der Waals surface area contributed by atoms with Crippen molar-refractivity contribution in [3.05, 3.63) is 34.4 Å². The summed E-state index contributed by atoms with van der Waals surface area (Å²) in [5, 5.41) is 6.47. The number of carbonyl (C=O) groups is 1. The Kier molecular flexibility index (Phi) is 9.43. The molecule has 12 heteroatoms. The van der Waals surface area contributed by atoms with E-state index in [4.69, 9.17) is 32.9 Å². The van der Waals surface area contributed by atoms with Crippen molar-refractivity contribution in [1.29, 1.82) is 0 Å². The molecule has 2 aromatic heterocycles. The van der Waals surface area contributed by atoms with Gasteiger partial charge in [0.15, 0.2) is 0 Å². The number of anilines is 2. The van der Waals surface area contributed by atoms with Crippen LogP contribution in [-0.4, -0.2) is 65.7 Å². The third-order valence-corrected chi connectivity index (χ3v) is 10.1. The summed E-state index contributed by atoms with van der Waals surface area (Å²) in [5.74, 6) is 0.674. The predicted molar refractivity (Wildman–Crippen MR) is 156 cm³/mol. The van der Waals surface area contributed by atoms with Gasteiger partial charge in [-0.25, -0.2) is 22.7 Å². The number of rotatable bonds is 8. The molecule has 2 aromatic rings. The fraction of sp³-hybridized carbons (Fsp3) is 0.593. The van der Waals surface area contributed by atoms with E-state index in [9.17, 15) is 13.2 Å². The van der Waals surface area contributed by atoms with Gasteiger partial charge in [0.25, 0.3) is 0 Å². The van der Waals surface area contributed by atoms with Gasteiger partial charge in [0.2, 0.25) is 15.9 Å². The first-order valence-electron chi connectivity index (χ1n) is 13.4. The second-order valence-electron chi connectivity index (χ2n) is 11.2. The highest BCUT2D eigenvalue weighted by atomic mass is 35.5. The van der Waals surface area contributed by atoms with Crippen molar-refractivity contribution in [2.45, 2.75) is 64.2 Å². The summed E-state index contributed by atoms with van der Waals surface area (Å²) in [5.41, 5.74) is 0.881. The molecule has 2 saturated heterocycles. The van der Waals surface area contributed by atoms with Crippen molar-refractivity contribution in [3.8, 4) is 11.3 Å². The van der Waals surface area contributed by atoms with E-state index >= 15 is 0 Å². The molecule has 0 aromatic carbocycles. The number of nitrogens with one attached hydrogen (secondary N) is 2. The Bertz CT molecular complexity index is 1310. The number of amides is 1. The standard InChI is InChI=1S/C27H37Cl2N5O4S/c1-17(2)39(36,37)34-10-5-6-19(16-34)26(35)33-24-12-20(22(29)15-31-24)25-21(28)7-8-23(32-25)30-14-18-9-11-38-27(3,4)13-18/h7-8,12,15,17-19H,5-6,9-11,13-14,16H2,1-4H3,(H,30,32)(H,31,33,35)/t18-,19+/m1/s1. The van der Waals surface area contributed by atoms with E-state index in [1.54, 1.807) is 26.0 Å². The second-order valence-corrected chi connectivity index (χ2v) is 14.5. The van der Waals surface area contributed by atoms with Gasteiger partial charge in [0.05, 0.1) is 32.5 Å². The molecule has 214 valence electrons. The van der Waals surface area contributed by atoms with Crippen LogP contribution in [-0.2, 0) is 19.6 Å². The topological polar surface area (TPSA) is 114 Å². The average Bonchev–Trinajstić information content (AvgIpc) is 2.89. The lowest BCUT2D eigenvalue weighted by molar-refractivity contribution is -0.120. The van der Waals surface area contributed by atoms with E-state index in [2.05, 4.69) is 29.5 Å². The molecule has 0 unspecified atom stereocenters. The molecule has 0 bridgehead atoms. The molecule has 1 amide bonds. The van der Waals surface area contributed by atoms with Gasteiger partial charge in [-0.2, -0.15) is 0 Å². The molecular weight excluding hydrogens is 561 g/mol. The first kappa shape index (κ1) is 30.0. The molecule has 2 aliphatic heterocycles. The quantitative estimate of drug-likeness (QED) is 0.415. The fourth-order valence-corrected chi connectivity index (χ4v) is 6.88. The maximum absolute atomic E-state index is 13.1. The normalized spacial score (nSPS) is 22.0. The highest BCUT2D eigenvalue weighted by molar-refractivity contribution is 7.89. The van der Waals surface area contributed by atoms with Crippen molar-refractivity contribution in [3.63, 3.8) is 0 Å². The number of aromatic nitrogens is 2. The van der Waals surface area contributed by atoms with Crippen LogP contribution >= 0.6 is 23.2 Å². The molecule has 9 nitrogen and oxygen atoms in total. The summed E-state index contributed by atoms with van der Waals surface area (Å²) < 4.78 is 32.5. The Morgan fingerprint density at radius 2 is 1.97 bits per heavy atom. The number of hydrogen-bond acceptors (Lipinski definition) is 7. The van der Waals surface area contributed by atoms with Crippen LogP contribution < -0.4 is 10.6 Å². The molecule has 2 fully saturated rings. The lowest BCUT2D eigenvalue weighted by Crippen LogP contribution is -2.46. The Hall–Kier alpha value is -1.98. The van der Waals surface area contributed by atoms with Gasteiger partial charge in [-0.3, -0.25) is 4.79 Å². The molecule has 4 rings (SSSR count). The van der Waals surface area contributed by atoms with Crippen LogP contribution in [0.2, 0.25) is 10.0 Å². The SMILES string of the molecule is CC(C)S(=O)(=O)N1CCC[C@H](C(=O)Nc2cc(-c3nc(NC[C@@H]4CCOC(C)(C)C4)ccc3Cl)c(Cl)cn2)C1. The molecule has 4 heterocycles. The number of carbonyl (C=O) groups excluding carboxylic acids is 1. The van der Waals surface area contributed by atoms with Crippen LogP contribution in [0, 0.1) is 11.8 Å². The molecular formula is C27H37Cl2N5O4S. The Morgan fingerprint density at radius 3 is 2.69 bits per heavy atom. The molecule has 0 radical (unpaired) electrons. The summed E-state index contributed by atoms with van der Waals surface area (Å²) in [6, 6.07) is 5.24. The van der Waals surface area contributed by atoms with Crippen LogP contribution in [0.15, 0.2) is 24.4 Å². The number of halogens is 2. The number of nitrogens with zero attached hydrogens (tertiary/aromatic N) is 3. The minimum atomic E-state index is -3.43. The van der Waals surface area contributed by atoms with Crippen molar-refractivity contribution in [1.82, 2.24) is 14.3 Å². The highest BCUT2D eigenvalue weighted by Crippen LogP contribution is 2.35. The summed E-state index contributed by atoms with van der Waals surface area (Å²) in [6.07, 6.45) is 4.61. The molecule has 39 heavy (non-hydrogen) atoms. The minimum absolute atomic E-state index is 0.132. The van der Waals surface area contributed by atoms with Gasteiger partial charge < -0.3 is 15.4 Å². The summed E-state index contributed by atoms with van der Waals surface area (Å²) >= 11 is 13.0. The van der Waals surface area contributed by atoms with Crippen LogP contribution in [0.3, 0.4) is 0 Å². The average molecular weight is 599 g/mol. The third-order valence-electron chi connectivity index (χ3n) is 7.29. The highest BCUT2D eigenvalue weighted by Gasteiger charge is 2.34. The number of pyridine rings is 2. The maximum atomic E-state index is 13.1. The van der Waals surface area contributed by atoms with Gasteiger partial charge in [-0.15, -0.1) is 0 Å². The predicted octanol–water partition coefficient (Wildman–Crippen LogP) is 5.46. The molecule has 2 N–H and O–H groups in total. The van der Waals surface area contributed by atoms with Gasteiger partial charge >= 0.3 is 0 Å². The first-order valence-corrected chi connectivity index (χ1v) is 15.6. The Labute approximate surface area is 241 Å². The Balaban J connectivity index is 1.47. The number of sulfonamides is 1. The van der Waals surface area contributed by atoms with E-state index in [1.165, 1.54) is 10.5 Å². The van der Waals surface area contributed by atoms with Crippen LogP contribution in [0.25, 0.3) is 11.3 Å². The summed E-state index contributed by atoms with van der Waals surface area (Å²) in [6.45, 7) is 9.59. The zero-order valence-corrected chi connectivity index (χ0v) is 25.2. The molecule has 0 saturated carbocycles. The van der Waals surface area contributed by atoms with E-state index in [0.717, 1.165) is 26.0 Å². The van der Waals surface area contributed by atoms with Crippen LogP contribution in [0.4, 0.5) is 11.6 Å². The van der Waals surface area contributed by atoms with E-state index in [0.29, 0.717) is 58.2 Å². The number of ether oxygens (including phenoxy) is 1. The zero-order valence-electron chi connectivity index (χ0n) is 22.8. The monoisotopic (exact) mass is 597 g/mol. The summed E-state index contributed by atoms with van der Waals surface area (Å²) in [7, 11) is -3.43. The second kappa shape index (κ2) is 12.3. The molecule has 0 aliphatic carbocycles. The van der Waals surface area contributed by atoms with E-state index in [-0.39, 0.29) is 18.1 Å². The molecule has 2 atom stereocenters. The lowest BCUT2D eigenvalue weighted by Gasteiger charge is -2.35. The van der Waals surface area contributed by atoms with Crippen LogP contribution in [0.5, 0.6) is 0 Å². The van der Waals surface area contributed by atoms with E-state index < -0.39 is 21.2 Å². The fourth-order valence-electron chi connectivity index (χ4n) is 5.11. The van der Waals surface area contributed by atoms with Crippen molar-refractivity contribution >= 4 is 50.8 Å². The number of piperidine rings is 1. The molecule has 2 aliphatic rings. The third kappa shape index (κ3) is 7.41. The van der Waals surface area contributed by atoms with Gasteiger partial charge in [0, 0.05) is 38.0 Å². The van der Waals surface area contributed by atoms with Crippen LogP contribution in [0.1, 0.15) is 53.4 Å². The van der Waals surface area contributed by atoms with Crippen molar-refractivity contribution in [2.75, 3.05) is 36.9 Å². The van der Waals surface area contributed by atoms with Gasteiger partial charge in [0.1, 0.15) is 11.6 Å². The first-order chi connectivity index (χ1) is 18.4. The smallest absolute Gasteiger partial charge is 0.229 e. The molecule has 0 spiro atoms. The summed E-state index contributed by atoms with van der Waals surface area (Å²) in [4.78, 5) is 22.1. The van der Waals surface area contributed by atoms with Crippen molar-refractivity contribution in [2.24, 2.45) is 11.8 Å². The number of hydrogen-bond donors (Lipinski definition) is 2.